The number of benzene rings is 2. The van der Waals surface area contributed by atoms with Gasteiger partial charge in [-0.3, -0.25) is 25.4 Å². The number of hydrogen-bond donors (Lipinski definition) is 2. The first-order valence-electron chi connectivity index (χ1n) is 9.54. The van der Waals surface area contributed by atoms with Gasteiger partial charge < -0.3 is 0 Å². The molecule has 33 heavy (non-hydrogen) atoms. The normalized spacial score (nSPS) is 11.1. The van der Waals surface area contributed by atoms with Gasteiger partial charge >= 0.3 is 12.1 Å². The van der Waals surface area contributed by atoms with Gasteiger partial charge in [-0.2, -0.15) is 13.2 Å². The predicted molar refractivity (Wildman–Crippen MR) is 111 cm³/mol. The van der Waals surface area contributed by atoms with E-state index in [9.17, 15) is 22.8 Å². The quantitative estimate of drug-likeness (QED) is 0.462. The maximum atomic E-state index is 13.2. The number of amides is 2. The minimum absolute atomic E-state index is 0.0658. The number of rotatable bonds is 4. The minimum Gasteiger partial charge on any atom is -0.267 e. The van der Waals surface area contributed by atoms with Gasteiger partial charge in [-0.15, -0.1) is 5.10 Å². The second-order valence-electron chi connectivity index (χ2n) is 6.73. The Morgan fingerprint density at radius 1 is 0.848 bits per heavy atom. The molecule has 2 aromatic heterocycles. The molecule has 0 unspecified atom stereocenters. The number of pyridine rings is 1. The molecule has 2 amide bonds. The fourth-order valence-electron chi connectivity index (χ4n) is 2.92. The molecule has 0 fully saturated rings. The first-order chi connectivity index (χ1) is 15.8. The van der Waals surface area contributed by atoms with Gasteiger partial charge in [-0.05, 0) is 30.3 Å². The van der Waals surface area contributed by atoms with Crippen LogP contribution in [0.4, 0.5) is 13.2 Å². The summed E-state index contributed by atoms with van der Waals surface area (Å²) >= 11 is 0. The van der Waals surface area contributed by atoms with E-state index in [1.165, 1.54) is 36.7 Å². The molecule has 0 radical (unpaired) electrons. The van der Waals surface area contributed by atoms with Crippen molar-refractivity contribution in [1.82, 2.24) is 30.6 Å². The molecule has 0 saturated carbocycles. The molecule has 166 valence electrons. The number of aromatic nitrogens is 4. The molecule has 0 saturated heterocycles. The Kier molecular flexibility index (Phi) is 5.85. The SMILES string of the molecule is O=C(NNC(=O)c1nc(-c2ccccc2)n(-c2cccc(C(F)(F)F)c2)n1)c1ccncc1. The third-order valence-corrected chi connectivity index (χ3v) is 4.49. The van der Waals surface area contributed by atoms with Crippen LogP contribution in [0.5, 0.6) is 0 Å². The van der Waals surface area contributed by atoms with Gasteiger partial charge in [0, 0.05) is 23.5 Å². The fraction of sp³-hybridized carbons (Fsp3) is 0.0455. The Labute approximate surface area is 185 Å². The minimum atomic E-state index is -4.55. The molecule has 11 heteroatoms. The van der Waals surface area contributed by atoms with E-state index in [-0.39, 0.29) is 22.9 Å². The van der Waals surface area contributed by atoms with Crippen LogP contribution in [0, 0.1) is 0 Å². The Balaban J connectivity index is 1.66. The monoisotopic (exact) mass is 452 g/mol. The number of halogens is 3. The highest BCUT2D eigenvalue weighted by Crippen LogP contribution is 2.31. The van der Waals surface area contributed by atoms with Crippen LogP contribution in [-0.2, 0) is 6.18 Å². The summed E-state index contributed by atoms with van der Waals surface area (Å²) in [6.45, 7) is 0. The number of carbonyl (C=O) groups is 2. The Morgan fingerprint density at radius 2 is 1.55 bits per heavy atom. The molecule has 4 rings (SSSR count). The summed E-state index contributed by atoms with van der Waals surface area (Å²) in [5.41, 5.74) is 4.42. The molecule has 0 bridgehead atoms. The average Bonchev–Trinajstić information content (AvgIpc) is 3.29. The van der Waals surface area contributed by atoms with Crippen molar-refractivity contribution in [2.45, 2.75) is 6.18 Å². The first-order valence-corrected chi connectivity index (χ1v) is 9.54. The van der Waals surface area contributed by atoms with Crippen molar-refractivity contribution >= 4 is 11.8 Å². The van der Waals surface area contributed by atoms with Crippen LogP contribution in [0.25, 0.3) is 17.1 Å². The lowest BCUT2D eigenvalue weighted by Gasteiger charge is -2.10. The van der Waals surface area contributed by atoms with Gasteiger partial charge in [-0.25, -0.2) is 9.67 Å². The summed E-state index contributed by atoms with van der Waals surface area (Å²) in [6, 6.07) is 16.0. The lowest BCUT2D eigenvalue weighted by Crippen LogP contribution is -2.42. The Hall–Kier alpha value is -4.54. The molecule has 0 aliphatic carbocycles. The third kappa shape index (κ3) is 4.87. The number of hydrogen-bond acceptors (Lipinski definition) is 5. The van der Waals surface area contributed by atoms with Gasteiger partial charge in [0.2, 0.25) is 5.82 Å². The summed E-state index contributed by atoms with van der Waals surface area (Å²) in [6.07, 6.45) is -1.72. The highest BCUT2D eigenvalue weighted by Gasteiger charge is 2.31. The molecule has 0 aliphatic rings. The Bertz CT molecular complexity index is 1290. The van der Waals surface area contributed by atoms with Crippen LogP contribution >= 0.6 is 0 Å². The third-order valence-electron chi connectivity index (χ3n) is 4.49. The van der Waals surface area contributed by atoms with E-state index in [0.29, 0.717) is 5.56 Å². The van der Waals surface area contributed by atoms with Crippen molar-refractivity contribution in [3.05, 3.63) is 96.1 Å². The number of nitrogens with zero attached hydrogens (tertiary/aromatic N) is 4. The summed E-state index contributed by atoms with van der Waals surface area (Å²) in [5.74, 6) is -1.63. The summed E-state index contributed by atoms with van der Waals surface area (Å²) in [4.78, 5) is 32.7. The van der Waals surface area contributed by atoms with Crippen molar-refractivity contribution in [2.24, 2.45) is 0 Å². The van der Waals surface area contributed by atoms with E-state index in [1.54, 1.807) is 30.3 Å². The second kappa shape index (κ2) is 8.91. The molecule has 8 nitrogen and oxygen atoms in total. The molecule has 0 aliphatic heterocycles. The smallest absolute Gasteiger partial charge is 0.267 e. The number of hydrazine groups is 1. The zero-order valence-electron chi connectivity index (χ0n) is 16.7. The molecule has 4 aromatic rings. The topological polar surface area (TPSA) is 102 Å². The summed E-state index contributed by atoms with van der Waals surface area (Å²) in [5, 5.41) is 4.10. The summed E-state index contributed by atoms with van der Waals surface area (Å²) < 4.78 is 40.8. The van der Waals surface area contributed by atoms with Crippen LogP contribution in [0.1, 0.15) is 26.5 Å². The van der Waals surface area contributed by atoms with Crippen molar-refractivity contribution < 1.29 is 22.8 Å². The van der Waals surface area contributed by atoms with E-state index in [1.807, 2.05) is 0 Å². The van der Waals surface area contributed by atoms with Crippen molar-refractivity contribution in [3.8, 4) is 17.1 Å². The summed E-state index contributed by atoms with van der Waals surface area (Å²) in [7, 11) is 0. The zero-order valence-corrected chi connectivity index (χ0v) is 16.7. The maximum absolute atomic E-state index is 13.2. The molecular weight excluding hydrogens is 437 g/mol. The second-order valence-corrected chi connectivity index (χ2v) is 6.73. The van der Waals surface area contributed by atoms with E-state index in [0.717, 1.165) is 16.8 Å². The van der Waals surface area contributed by atoms with Crippen molar-refractivity contribution in [1.29, 1.82) is 0 Å². The maximum Gasteiger partial charge on any atom is 0.416 e. The molecule has 0 spiro atoms. The number of carbonyl (C=O) groups excluding carboxylic acids is 2. The van der Waals surface area contributed by atoms with Gasteiger partial charge in [0.1, 0.15) is 0 Å². The Morgan fingerprint density at radius 3 is 2.24 bits per heavy atom. The standard InChI is InChI=1S/C22H15F3N6O2/c23-22(24,25)16-7-4-8-17(13-16)31-19(14-5-2-1-3-6-14)27-18(30-31)21(33)29-28-20(32)15-9-11-26-12-10-15/h1-13H,(H,28,32)(H,29,33). The van der Waals surface area contributed by atoms with Crippen LogP contribution < -0.4 is 10.9 Å². The van der Waals surface area contributed by atoms with E-state index < -0.39 is 23.6 Å². The van der Waals surface area contributed by atoms with Gasteiger partial charge in [-0.1, -0.05) is 36.4 Å². The van der Waals surface area contributed by atoms with E-state index in [4.69, 9.17) is 0 Å². The predicted octanol–water partition coefficient (Wildman–Crippen LogP) is 3.42. The first kappa shape index (κ1) is 21.7. The lowest BCUT2D eigenvalue weighted by atomic mass is 10.2. The lowest BCUT2D eigenvalue weighted by molar-refractivity contribution is -0.137. The zero-order chi connectivity index (χ0) is 23.4. The molecule has 0 atom stereocenters. The van der Waals surface area contributed by atoms with Crippen LogP contribution in [-0.4, -0.2) is 31.6 Å². The number of nitrogens with one attached hydrogen (secondary N) is 2. The highest BCUT2D eigenvalue weighted by molar-refractivity contribution is 5.97. The van der Waals surface area contributed by atoms with Crippen LogP contribution in [0.3, 0.4) is 0 Å². The highest BCUT2D eigenvalue weighted by atomic mass is 19.4. The largest absolute Gasteiger partial charge is 0.416 e. The van der Waals surface area contributed by atoms with E-state index >= 15 is 0 Å². The molecular formula is C22H15F3N6O2. The van der Waals surface area contributed by atoms with Crippen molar-refractivity contribution in [2.75, 3.05) is 0 Å². The van der Waals surface area contributed by atoms with Crippen LogP contribution in [0.2, 0.25) is 0 Å². The van der Waals surface area contributed by atoms with Gasteiger partial charge in [0.05, 0.1) is 11.3 Å². The van der Waals surface area contributed by atoms with Gasteiger partial charge in [0.15, 0.2) is 5.82 Å². The van der Waals surface area contributed by atoms with E-state index in [2.05, 4.69) is 25.9 Å². The molecule has 2 heterocycles. The molecule has 2 aromatic carbocycles. The fourth-order valence-corrected chi connectivity index (χ4v) is 2.92. The van der Waals surface area contributed by atoms with Crippen LogP contribution in [0.15, 0.2) is 79.1 Å². The average molecular weight is 452 g/mol. The number of alkyl halides is 3. The van der Waals surface area contributed by atoms with Gasteiger partial charge in [0.25, 0.3) is 5.91 Å². The molecule has 2 N–H and O–H groups in total. The van der Waals surface area contributed by atoms with Crippen molar-refractivity contribution in [3.63, 3.8) is 0 Å².